The molecule has 0 unspecified atom stereocenters. The van der Waals surface area contributed by atoms with Crippen molar-refractivity contribution < 1.29 is 9.53 Å². The Morgan fingerprint density at radius 1 is 1.14 bits per heavy atom. The van der Waals surface area contributed by atoms with Crippen LogP contribution in [0.15, 0.2) is 18.6 Å². The van der Waals surface area contributed by atoms with Crippen molar-refractivity contribution in [2.75, 3.05) is 31.2 Å². The van der Waals surface area contributed by atoms with E-state index in [-0.39, 0.29) is 5.91 Å². The standard InChI is InChI=1S/C26H34N8O2/c1-17(2)33-15-19(13-28-33)25-27-14-24-22(29-25)5-4-9-32(24)26-21-16-31(18(3)35)10-6-23(21)34(30-26)20-7-11-36-12-8-20/h13-15,17,20H,4-12,16H2,1-3H3. The Bertz CT molecular complexity index is 1270. The van der Waals surface area contributed by atoms with Gasteiger partial charge in [0.15, 0.2) is 11.6 Å². The van der Waals surface area contributed by atoms with E-state index in [1.807, 2.05) is 28.2 Å². The molecule has 0 aromatic carbocycles. The lowest BCUT2D eigenvalue weighted by molar-refractivity contribution is -0.129. The predicted octanol–water partition coefficient (Wildman–Crippen LogP) is 3.46. The zero-order valence-corrected chi connectivity index (χ0v) is 21.4. The van der Waals surface area contributed by atoms with Crippen LogP contribution in [0.3, 0.4) is 0 Å². The van der Waals surface area contributed by atoms with Crippen molar-refractivity contribution in [3.05, 3.63) is 35.5 Å². The summed E-state index contributed by atoms with van der Waals surface area (Å²) in [6.07, 6.45) is 10.4. The van der Waals surface area contributed by atoms with Gasteiger partial charge in [0.05, 0.1) is 41.9 Å². The molecule has 0 spiro atoms. The van der Waals surface area contributed by atoms with E-state index >= 15 is 0 Å². The summed E-state index contributed by atoms with van der Waals surface area (Å²) in [5.74, 6) is 1.77. The number of ether oxygens (including phenoxy) is 1. The van der Waals surface area contributed by atoms with Crippen molar-refractivity contribution in [2.45, 2.75) is 71.5 Å². The number of nitrogens with zero attached hydrogens (tertiary/aromatic N) is 8. The Labute approximate surface area is 211 Å². The monoisotopic (exact) mass is 490 g/mol. The lowest BCUT2D eigenvalue weighted by atomic mass is 10.0. The van der Waals surface area contributed by atoms with Crippen molar-refractivity contribution in [1.82, 2.24) is 34.4 Å². The first-order valence-corrected chi connectivity index (χ1v) is 13.1. The fourth-order valence-corrected chi connectivity index (χ4v) is 5.59. The molecule has 3 aromatic heterocycles. The minimum atomic E-state index is 0.111. The molecule has 6 heterocycles. The molecule has 3 aromatic rings. The lowest BCUT2D eigenvalue weighted by Gasteiger charge is -2.32. The third-order valence-electron chi connectivity index (χ3n) is 7.62. The van der Waals surface area contributed by atoms with Crippen molar-refractivity contribution in [2.24, 2.45) is 0 Å². The highest BCUT2D eigenvalue weighted by molar-refractivity contribution is 5.75. The van der Waals surface area contributed by atoms with Gasteiger partial charge < -0.3 is 14.5 Å². The Kier molecular flexibility index (Phi) is 5.99. The molecule has 0 bridgehead atoms. The van der Waals surface area contributed by atoms with Gasteiger partial charge in [0, 0.05) is 63.1 Å². The zero-order valence-electron chi connectivity index (χ0n) is 21.4. The maximum atomic E-state index is 12.3. The number of aryl methyl sites for hydroxylation is 1. The molecule has 1 amide bonds. The van der Waals surface area contributed by atoms with Crippen LogP contribution in [0.2, 0.25) is 0 Å². The average Bonchev–Trinajstić information content (AvgIpc) is 3.54. The predicted molar refractivity (Wildman–Crippen MR) is 135 cm³/mol. The Morgan fingerprint density at radius 3 is 2.72 bits per heavy atom. The number of hydrogen-bond donors (Lipinski definition) is 0. The summed E-state index contributed by atoms with van der Waals surface area (Å²) in [6, 6.07) is 0.629. The van der Waals surface area contributed by atoms with E-state index in [2.05, 4.69) is 28.5 Å². The molecule has 0 atom stereocenters. The topological polar surface area (TPSA) is 94.2 Å². The Morgan fingerprint density at radius 2 is 1.97 bits per heavy atom. The summed E-state index contributed by atoms with van der Waals surface area (Å²) in [5.41, 5.74) is 5.41. The number of fused-ring (bicyclic) bond motifs is 2. The summed E-state index contributed by atoms with van der Waals surface area (Å²) in [5, 5.41) is 9.67. The van der Waals surface area contributed by atoms with Gasteiger partial charge in [0.1, 0.15) is 0 Å². The van der Waals surface area contributed by atoms with Crippen molar-refractivity contribution in [3.63, 3.8) is 0 Å². The highest BCUT2D eigenvalue weighted by Gasteiger charge is 2.33. The third-order valence-corrected chi connectivity index (χ3v) is 7.62. The van der Waals surface area contributed by atoms with Crippen molar-refractivity contribution in [3.8, 4) is 11.4 Å². The molecule has 1 fully saturated rings. The van der Waals surface area contributed by atoms with Gasteiger partial charge >= 0.3 is 0 Å². The highest BCUT2D eigenvalue weighted by Crippen LogP contribution is 2.39. The first kappa shape index (κ1) is 23.1. The van der Waals surface area contributed by atoms with Crippen LogP contribution >= 0.6 is 0 Å². The molecule has 10 heteroatoms. The summed E-state index contributed by atoms with van der Waals surface area (Å²) in [6.45, 7) is 9.60. The fraction of sp³-hybridized carbons (Fsp3) is 0.577. The van der Waals surface area contributed by atoms with Gasteiger partial charge in [-0.3, -0.25) is 14.2 Å². The number of amides is 1. The van der Waals surface area contributed by atoms with Gasteiger partial charge in [-0.05, 0) is 39.5 Å². The summed E-state index contributed by atoms with van der Waals surface area (Å²) < 4.78 is 9.79. The van der Waals surface area contributed by atoms with Crippen LogP contribution in [-0.2, 0) is 28.9 Å². The smallest absolute Gasteiger partial charge is 0.219 e. The van der Waals surface area contributed by atoms with E-state index < -0.39 is 0 Å². The average molecular weight is 491 g/mol. The van der Waals surface area contributed by atoms with E-state index in [0.717, 1.165) is 86.7 Å². The van der Waals surface area contributed by atoms with E-state index in [0.29, 0.717) is 24.5 Å². The summed E-state index contributed by atoms with van der Waals surface area (Å²) in [4.78, 5) is 26.2. The van der Waals surface area contributed by atoms with E-state index in [9.17, 15) is 4.79 Å². The van der Waals surface area contributed by atoms with E-state index in [4.69, 9.17) is 19.8 Å². The maximum absolute atomic E-state index is 12.3. The molecule has 6 rings (SSSR count). The van der Waals surface area contributed by atoms with Crippen LogP contribution in [-0.4, -0.2) is 66.6 Å². The van der Waals surface area contributed by atoms with Gasteiger partial charge in [0.2, 0.25) is 5.91 Å². The van der Waals surface area contributed by atoms with E-state index in [1.54, 1.807) is 6.92 Å². The molecule has 3 aliphatic heterocycles. The minimum Gasteiger partial charge on any atom is -0.381 e. The normalized spacial score (nSPS) is 18.4. The number of carbonyl (C=O) groups excluding carboxylic acids is 1. The zero-order chi connectivity index (χ0) is 24.8. The molecule has 0 aliphatic carbocycles. The lowest BCUT2D eigenvalue weighted by Crippen LogP contribution is -2.36. The second-order valence-electron chi connectivity index (χ2n) is 10.3. The van der Waals surface area contributed by atoms with Crippen LogP contribution in [0.4, 0.5) is 11.5 Å². The molecule has 0 N–H and O–H groups in total. The second-order valence-corrected chi connectivity index (χ2v) is 10.3. The molecule has 190 valence electrons. The largest absolute Gasteiger partial charge is 0.381 e. The first-order chi connectivity index (χ1) is 17.5. The first-order valence-electron chi connectivity index (χ1n) is 13.1. The van der Waals surface area contributed by atoms with Gasteiger partial charge in [-0.1, -0.05) is 0 Å². The molecular formula is C26H34N8O2. The SMILES string of the molecule is CC(=O)N1CCc2c(c(N3CCCc4nc(-c5cnn(C(C)C)c5)ncc43)nn2C2CCOCC2)C1. The maximum Gasteiger partial charge on any atom is 0.219 e. The van der Waals surface area contributed by atoms with E-state index in [1.165, 1.54) is 5.69 Å². The quantitative estimate of drug-likeness (QED) is 0.553. The molecule has 10 nitrogen and oxygen atoms in total. The highest BCUT2D eigenvalue weighted by atomic mass is 16.5. The third kappa shape index (κ3) is 4.07. The summed E-state index contributed by atoms with van der Waals surface area (Å²) in [7, 11) is 0. The number of hydrogen-bond acceptors (Lipinski definition) is 7. The number of carbonyl (C=O) groups is 1. The van der Waals surface area contributed by atoms with Crippen molar-refractivity contribution >= 4 is 17.4 Å². The van der Waals surface area contributed by atoms with Crippen LogP contribution in [0.25, 0.3) is 11.4 Å². The van der Waals surface area contributed by atoms with Gasteiger partial charge in [-0.15, -0.1) is 0 Å². The molecule has 1 saturated heterocycles. The number of anilines is 2. The molecular weight excluding hydrogens is 456 g/mol. The molecule has 3 aliphatic rings. The Balaban J connectivity index is 1.39. The van der Waals surface area contributed by atoms with Crippen LogP contribution in [0.5, 0.6) is 0 Å². The van der Waals surface area contributed by atoms with Crippen LogP contribution < -0.4 is 4.90 Å². The fourth-order valence-electron chi connectivity index (χ4n) is 5.59. The van der Waals surface area contributed by atoms with Gasteiger partial charge in [-0.2, -0.15) is 10.2 Å². The number of rotatable bonds is 4. The Hall–Kier alpha value is -3.27. The summed E-state index contributed by atoms with van der Waals surface area (Å²) >= 11 is 0. The van der Waals surface area contributed by atoms with Crippen LogP contribution in [0.1, 0.15) is 69.1 Å². The minimum absolute atomic E-state index is 0.111. The molecule has 0 radical (unpaired) electrons. The number of aromatic nitrogens is 6. The molecule has 36 heavy (non-hydrogen) atoms. The molecule has 0 saturated carbocycles. The van der Waals surface area contributed by atoms with Gasteiger partial charge in [-0.25, -0.2) is 9.97 Å². The van der Waals surface area contributed by atoms with Crippen molar-refractivity contribution in [1.29, 1.82) is 0 Å². The van der Waals surface area contributed by atoms with Crippen LogP contribution in [0, 0.1) is 0 Å². The van der Waals surface area contributed by atoms with Gasteiger partial charge in [0.25, 0.3) is 0 Å². The second kappa shape index (κ2) is 9.31.